The van der Waals surface area contributed by atoms with Crippen LogP contribution in [0, 0.1) is 34.5 Å². The van der Waals surface area contributed by atoms with Crippen LogP contribution in [0.1, 0.15) is 39.5 Å². The molecular formula is C23H38N6O. The maximum atomic E-state index is 9.69. The summed E-state index contributed by atoms with van der Waals surface area (Å²) in [6, 6.07) is 4.25. The first-order chi connectivity index (χ1) is 14.5. The molecule has 7 heteroatoms. The van der Waals surface area contributed by atoms with Crippen molar-refractivity contribution in [1.29, 1.82) is 10.5 Å². The van der Waals surface area contributed by atoms with Crippen LogP contribution in [0.3, 0.4) is 0 Å². The number of likely N-dealkylation sites (tertiary alicyclic amines) is 2. The van der Waals surface area contributed by atoms with Crippen LogP contribution in [-0.2, 0) is 0 Å². The average molecular weight is 415 g/mol. The Labute approximate surface area is 182 Å². The van der Waals surface area contributed by atoms with Gasteiger partial charge < -0.3 is 24.7 Å². The number of piperidine rings is 1. The van der Waals surface area contributed by atoms with E-state index in [0.29, 0.717) is 0 Å². The van der Waals surface area contributed by atoms with E-state index < -0.39 is 0 Å². The van der Waals surface area contributed by atoms with E-state index in [4.69, 9.17) is 0 Å². The van der Waals surface area contributed by atoms with Crippen LogP contribution < -0.4 is 0 Å². The molecular weight excluding hydrogens is 376 g/mol. The largest absolute Gasteiger partial charge is 0.392 e. The second-order valence-corrected chi connectivity index (χ2v) is 9.55. The molecule has 0 aromatic rings. The number of aliphatic hydroxyl groups is 1. The van der Waals surface area contributed by atoms with Crippen LogP contribution in [0.2, 0.25) is 0 Å². The normalized spacial score (nSPS) is 28.0. The Hall–Kier alpha value is -1.80. The lowest BCUT2D eigenvalue weighted by Gasteiger charge is -2.35. The maximum absolute atomic E-state index is 9.69. The van der Waals surface area contributed by atoms with Gasteiger partial charge in [0.1, 0.15) is 18.0 Å². The van der Waals surface area contributed by atoms with E-state index >= 15 is 0 Å². The van der Waals surface area contributed by atoms with E-state index in [0.717, 1.165) is 89.3 Å². The molecule has 3 rings (SSSR count). The Balaban J connectivity index is 1.51. The molecule has 3 aliphatic rings. The van der Waals surface area contributed by atoms with Crippen molar-refractivity contribution in [2.75, 3.05) is 65.4 Å². The first-order valence-corrected chi connectivity index (χ1v) is 11.7. The zero-order valence-electron chi connectivity index (χ0n) is 18.8. The highest BCUT2D eigenvalue weighted by molar-refractivity contribution is 5.40. The predicted molar refractivity (Wildman–Crippen MR) is 117 cm³/mol. The number of β-amino-alcohol motifs (C(OH)–C–C–N with tert-alkyl or cyclic N) is 1. The zero-order chi connectivity index (χ0) is 21.5. The van der Waals surface area contributed by atoms with Crippen LogP contribution in [0.5, 0.6) is 0 Å². The Morgan fingerprint density at radius 3 is 1.93 bits per heavy atom. The standard InChI is InChI=1S/C23H38N6O/c1-19-13-20(2)17-27(16-19)7-4-9-29-12-11-28(23(29)21(14-24)15-25)8-3-6-26-10-5-22(30)18-26/h19-20,22,30H,3-13,16-18H2,1-2H3. The summed E-state index contributed by atoms with van der Waals surface area (Å²) in [5.74, 6) is 2.38. The third kappa shape index (κ3) is 6.11. The fourth-order valence-corrected chi connectivity index (χ4v) is 5.49. The summed E-state index contributed by atoms with van der Waals surface area (Å²) in [5, 5.41) is 28.7. The minimum absolute atomic E-state index is 0.183. The molecule has 3 fully saturated rings. The van der Waals surface area contributed by atoms with E-state index in [1.807, 2.05) is 0 Å². The summed E-state index contributed by atoms with van der Waals surface area (Å²) in [6.45, 7) is 14.4. The van der Waals surface area contributed by atoms with Crippen LogP contribution >= 0.6 is 0 Å². The number of nitriles is 2. The Kier molecular flexibility index (Phi) is 8.39. The number of aliphatic hydroxyl groups excluding tert-OH is 1. The second-order valence-electron chi connectivity index (χ2n) is 9.55. The Morgan fingerprint density at radius 1 is 0.867 bits per heavy atom. The number of nitrogens with zero attached hydrogens (tertiary/aromatic N) is 6. The summed E-state index contributed by atoms with van der Waals surface area (Å²) in [6.07, 6.45) is 4.06. The van der Waals surface area contributed by atoms with Gasteiger partial charge in [0.15, 0.2) is 5.57 Å². The Bertz CT molecular complexity index is 654. The highest BCUT2D eigenvalue weighted by atomic mass is 16.3. The predicted octanol–water partition coefficient (Wildman–Crippen LogP) is 1.69. The van der Waals surface area contributed by atoms with Gasteiger partial charge in [-0.25, -0.2) is 0 Å². The minimum atomic E-state index is -0.183. The lowest BCUT2D eigenvalue weighted by Crippen LogP contribution is -2.40. The van der Waals surface area contributed by atoms with Crippen LogP contribution in [0.4, 0.5) is 0 Å². The Morgan fingerprint density at radius 2 is 1.43 bits per heavy atom. The lowest BCUT2D eigenvalue weighted by molar-refractivity contribution is 0.136. The van der Waals surface area contributed by atoms with Crippen molar-refractivity contribution in [3.05, 3.63) is 11.4 Å². The van der Waals surface area contributed by atoms with Gasteiger partial charge in [0.25, 0.3) is 0 Å². The van der Waals surface area contributed by atoms with Crippen LogP contribution in [0.15, 0.2) is 11.4 Å². The monoisotopic (exact) mass is 414 g/mol. The first kappa shape index (κ1) is 22.9. The summed E-state index contributed by atoms with van der Waals surface area (Å²) < 4.78 is 0. The van der Waals surface area contributed by atoms with E-state index in [1.165, 1.54) is 19.5 Å². The molecule has 0 spiro atoms. The molecule has 3 aliphatic heterocycles. The van der Waals surface area contributed by atoms with Gasteiger partial charge in [-0.15, -0.1) is 0 Å². The summed E-state index contributed by atoms with van der Waals surface area (Å²) in [4.78, 5) is 9.35. The molecule has 3 saturated heterocycles. The molecule has 3 heterocycles. The number of allylic oxidation sites excluding steroid dienone is 1. The number of hydrogen-bond acceptors (Lipinski definition) is 7. The molecule has 0 aliphatic carbocycles. The molecule has 3 atom stereocenters. The smallest absolute Gasteiger partial charge is 0.169 e. The molecule has 0 aromatic carbocycles. The molecule has 0 amide bonds. The number of hydrogen-bond donors (Lipinski definition) is 1. The van der Waals surface area contributed by atoms with Crippen molar-refractivity contribution in [2.24, 2.45) is 11.8 Å². The zero-order valence-corrected chi connectivity index (χ0v) is 18.8. The fraction of sp³-hybridized carbons (Fsp3) is 0.826. The van der Waals surface area contributed by atoms with Crippen LogP contribution in [-0.4, -0.2) is 96.3 Å². The van der Waals surface area contributed by atoms with Gasteiger partial charge in [-0.2, -0.15) is 10.5 Å². The highest BCUT2D eigenvalue weighted by Gasteiger charge is 2.29. The SMILES string of the molecule is CC1CC(C)CN(CCCN2CCN(CCCN3CCC(O)C3)C2=C(C#N)C#N)C1. The fourth-order valence-electron chi connectivity index (χ4n) is 5.49. The van der Waals surface area contributed by atoms with Gasteiger partial charge in [-0.05, 0) is 50.6 Å². The average Bonchev–Trinajstić information content (AvgIpc) is 3.29. The third-order valence-corrected chi connectivity index (χ3v) is 6.68. The van der Waals surface area contributed by atoms with Gasteiger partial charge >= 0.3 is 0 Å². The van der Waals surface area contributed by atoms with Crippen molar-refractivity contribution < 1.29 is 5.11 Å². The first-order valence-electron chi connectivity index (χ1n) is 11.7. The molecule has 1 N–H and O–H groups in total. The summed E-state index contributed by atoms with van der Waals surface area (Å²) in [5.41, 5.74) is 0.240. The third-order valence-electron chi connectivity index (χ3n) is 6.68. The van der Waals surface area contributed by atoms with Gasteiger partial charge in [0.2, 0.25) is 0 Å². The van der Waals surface area contributed by atoms with Crippen molar-refractivity contribution in [3.63, 3.8) is 0 Å². The molecule has 0 radical (unpaired) electrons. The van der Waals surface area contributed by atoms with Gasteiger partial charge in [-0.1, -0.05) is 13.8 Å². The van der Waals surface area contributed by atoms with Crippen molar-refractivity contribution in [1.82, 2.24) is 19.6 Å². The second kappa shape index (κ2) is 11.0. The van der Waals surface area contributed by atoms with E-state index in [2.05, 4.69) is 45.6 Å². The summed E-state index contributed by atoms with van der Waals surface area (Å²) >= 11 is 0. The van der Waals surface area contributed by atoms with E-state index in [1.54, 1.807) is 0 Å². The molecule has 30 heavy (non-hydrogen) atoms. The van der Waals surface area contributed by atoms with Gasteiger partial charge in [-0.3, -0.25) is 0 Å². The van der Waals surface area contributed by atoms with Gasteiger partial charge in [0, 0.05) is 52.4 Å². The quantitative estimate of drug-likeness (QED) is 0.605. The van der Waals surface area contributed by atoms with Crippen LogP contribution in [0.25, 0.3) is 0 Å². The molecule has 0 aromatic heterocycles. The lowest BCUT2D eigenvalue weighted by atomic mass is 9.92. The highest BCUT2D eigenvalue weighted by Crippen LogP contribution is 2.24. The molecule has 166 valence electrons. The van der Waals surface area contributed by atoms with Crippen molar-refractivity contribution >= 4 is 0 Å². The summed E-state index contributed by atoms with van der Waals surface area (Å²) in [7, 11) is 0. The topological polar surface area (TPSA) is 80.8 Å². The molecule has 0 saturated carbocycles. The van der Waals surface area contributed by atoms with Crippen molar-refractivity contribution in [3.8, 4) is 12.1 Å². The minimum Gasteiger partial charge on any atom is -0.392 e. The van der Waals surface area contributed by atoms with Gasteiger partial charge in [0.05, 0.1) is 6.10 Å². The van der Waals surface area contributed by atoms with E-state index in [-0.39, 0.29) is 11.7 Å². The molecule has 7 nitrogen and oxygen atoms in total. The number of rotatable bonds is 8. The maximum Gasteiger partial charge on any atom is 0.169 e. The molecule has 3 unspecified atom stereocenters. The molecule has 0 bridgehead atoms. The van der Waals surface area contributed by atoms with E-state index in [9.17, 15) is 15.6 Å². The van der Waals surface area contributed by atoms with Crippen molar-refractivity contribution in [2.45, 2.75) is 45.6 Å².